The highest BCUT2D eigenvalue weighted by Gasteiger charge is 2.87. The van der Waals surface area contributed by atoms with Crippen molar-refractivity contribution >= 4 is 11.9 Å². The van der Waals surface area contributed by atoms with Gasteiger partial charge in [-0.15, -0.1) is 0 Å². The van der Waals surface area contributed by atoms with Gasteiger partial charge in [-0.3, -0.25) is 9.59 Å². The Kier molecular flexibility index (Phi) is 1.84. The molecule has 5 atom stereocenters. The molecule has 2 saturated carbocycles. The van der Waals surface area contributed by atoms with Crippen LogP contribution >= 0.6 is 0 Å². The van der Waals surface area contributed by atoms with Crippen molar-refractivity contribution in [1.29, 1.82) is 0 Å². The molecule has 2 aliphatic heterocycles. The van der Waals surface area contributed by atoms with Gasteiger partial charge in [0, 0.05) is 5.92 Å². The van der Waals surface area contributed by atoms with Crippen molar-refractivity contribution in [2.24, 2.45) is 23.2 Å². The lowest BCUT2D eigenvalue weighted by molar-refractivity contribution is -0.234. The van der Waals surface area contributed by atoms with Crippen LogP contribution in [0.1, 0.15) is 19.3 Å². The molecule has 0 N–H and O–H groups in total. The third-order valence-electron chi connectivity index (χ3n) is 5.60. The number of hydrogen-bond donors (Lipinski definition) is 0. The van der Waals surface area contributed by atoms with Gasteiger partial charge in [0.05, 0.1) is 13.7 Å². The van der Waals surface area contributed by atoms with Gasteiger partial charge in [-0.1, -0.05) is 6.42 Å². The van der Waals surface area contributed by atoms with Crippen LogP contribution < -0.4 is 0 Å². The topological polar surface area (TPSA) is 61.8 Å². The Morgan fingerprint density at radius 2 is 2.28 bits per heavy atom. The van der Waals surface area contributed by atoms with Crippen molar-refractivity contribution < 1.29 is 23.8 Å². The van der Waals surface area contributed by atoms with Gasteiger partial charge in [-0.25, -0.2) is 0 Å². The summed E-state index contributed by atoms with van der Waals surface area (Å²) in [5, 5.41) is 0. The molecule has 4 fully saturated rings. The Morgan fingerprint density at radius 3 is 3.06 bits per heavy atom. The largest absolute Gasteiger partial charge is 0.468 e. The molecular weight excluding hydrogens is 236 g/mol. The van der Waals surface area contributed by atoms with Gasteiger partial charge in [0.2, 0.25) is 5.41 Å². The number of hydrogen-bond acceptors (Lipinski definition) is 5. The SMILES string of the molecule is COC(=O)[C@]12C(=O)OC[C@]13OC[C@@H]1CCC[C@H]2[C@@H]13. The summed E-state index contributed by atoms with van der Waals surface area (Å²) in [5.41, 5.74) is -1.88. The summed E-state index contributed by atoms with van der Waals surface area (Å²) < 4.78 is 16.0. The van der Waals surface area contributed by atoms with Crippen molar-refractivity contribution in [3.8, 4) is 0 Å². The molecule has 1 spiro atoms. The summed E-state index contributed by atoms with van der Waals surface area (Å²) in [7, 11) is 1.33. The first-order valence-electron chi connectivity index (χ1n) is 6.58. The maximum atomic E-state index is 12.2. The van der Waals surface area contributed by atoms with Crippen LogP contribution in [0, 0.1) is 23.2 Å². The molecule has 0 unspecified atom stereocenters. The minimum Gasteiger partial charge on any atom is -0.468 e. The highest BCUT2D eigenvalue weighted by Crippen LogP contribution is 2.72. The molecule has 0 aromatic rings. The van der Waals surface area contributed by atoms with E-state index in [1.54, 1.807) is 0 Å². The molecule has 5 heteroatoms. The van der Waals surface area contributed by atoms with Crippen LogP contribution in [0.4, 0.5) is 0 Å². The first kappa shape index (κ1) is 10.8. The number of carbonyl (C=O) groups excluding carboxylic acids is 2. The molecule has 0 aromatic heterocycles. The number of cyclic esters (lactones) is 1. The normalized spacial score (nSPS) is 52.1. The van der Waals surface area contributed by atoms with E-state index in [-0.39, 0.29) is 12.5 Å². The maximum Gasteiger partial charge on any atom is 0.327 e. The fourth-order valence-corrected chi connectivity index (χ4v) is 5.04. The minimum atomic E-state index is -1.17. The lowest BCUT2D eigenvalue weighted by Crippen LogP contribution is -2.74. The monoisotopic (exact) mass is 252 g/mol. The molecule has 18 heavy (non-hydrogen) atoms. The summed E-state index contributed by atoms with van der Waals surface area (Å²) >= 11 is 0. The quantitative estimate of drug-likeness (QED) is 0.503. The van der Waals surface area contributed by atoms with E-state index >= 15 is 0 Å². The van der Waals surface area contributed by atoms with Crippen LogP contribution in [0.5, 0.6) is 0 Å². The minimum absolute atomic E-state index is 0.0567. The molecule has 2 heterocycles. The van der Waals surface area contributed by atoms with Crippen LogP contribution in [0.15, 0.2) is 0 Å². The molecule has 2 aliphatic carbocycles. The van der Waals surface area contributed by atoms with Crippen LogP contribution in [-0.4, -0.2) is 37.9 Å². The molecule has 4 aliphatic rings. The zero-order valence-corrected chi connectivity index (χ0v) is 10.3. The van der Waals surface area contributed by atoms with Crippen LogP contribution in [0.2, 0.25) is 0 Å². The second kappa shape index (κ2) is 3.07. The molecule has 0 aromatic carbocycles. The van der Waals surface area contributed by atoms with Gasteiger partial charge in [-0.05, 0) is 24.7 Å². The first-order valence-corrected chi connectivity index (χ1v) is 6.58. The van der Waals surface area contributed by atoms with Crippen molar-refractivity contribution in [2.45, 2.75) is 24.9 Å². The predicted octanol–water partition coefficient (Wildman–Crippen LogP) is 0.518. The van der Waals surface area contributed by atoms with Crippen molar-refractivity contribution in [3.63, 3.8) is 0 Å². The van der Waals surface area contributed by atoms with Gasteiger partial charge in [0.25, 0.3) is 0 Å². The Labute approximate surface area is 105 Å². The predicted molar refractivity (Wildman–Crippen MR) is 58.4 cm³/mol. The Balaban J connectivity index is 1.87. The number of carbonyl (C=O) groups is 2. The maximum absolute atomic E-state index is 12.2. The fraction of sp³-hybridized carbons (Fsp3) is 0.846. The zero-order valence-electron chi connectivity index (χ0n) is 10.3. The highest BCUT2D eigenvalue weighted by molar-refractivity contribution is 6.05. The number of esters is 2. The van der Waals surface area contributed by atoms with E-state index in [4.69, 9.17) is 14.2 Å². The van der Waals surface area contributed by atoms with E-state index in [2.05, 4.69) is 0 Å². The second-order valence-electron chi connectivity index (χ2n) is 5.90. The van der Waals surface area contributed by atoms with Gasteiger partial charge < -0.3 is 14.2 Å². The zero-order chi connectivity index (χ0) is 12.5. The van der Waals surface area contributed by atoms with Crippen LogP contribution in [-0.2, 0) is 23.8 Å². The highest BCUT2D eigenvalue weighted by atomic mass is 16.6. The van der Waals surface area contributed by atoms with E-state index in [1.807, 2.05) is 0 Å². The molecular formula is C13H16O5. The second-order valence-corrected chi connectivity index (χ2v) is 5.90. The average Bonchev–Trinajstić information content (AvgIpc) is 2.85. The van der Waals surface area contributed by atoms with Gasteiger partial charge >= 0.3 is 11.9 Å². The molecule has 0 bridgehead atoms. The Morgan fingerprint density at radius 1 is 1.44 bits per heavy atom. The molecule has 0 amide bonds. The first-order chi connectivity index (χ1) is 8.68. The average molecular weight is 252 g/mol. The number of rotatable bonds is 1. The Bertz CT molecular complexity index is 447. The van der Waals surface area contributed by atoms with Crippen molar-refractivity contribution in [2.75, 3.05) is 20.3 Å². The molecule has 5 nitrogen and oxygen atoms in total. The van der Waals surface area contributed by atoms with Gasteiger partial charge in [-0.2, -0.15) is 0 Å². The summed E-state index contributed by atoms with van der Waals surface area (Å²) in [6.07, 6.45) is 3.09. The van der Waals surface area contributed by atoms with Crippen molar-refractivity contribution in [1.82, 2.24) is 0 Å². The molecule has 4 rings (SSSR count). The van der Waals surface area contributed by atoms with E-state index < -0.39 is 23.0 Å². The Hall–Kier alpha value is -1.10. The lowest BCUT2D eigenvalue weighted by atomic mass is 9.40. The molecule has 2 saturated heterocycles. The van der Waals surface area contributed by atoms with Crippen LogP contribution in [0.3, 0.4) is 0 Å². The molecule has 98 valence electrons. The van der Waals surface area contributed by atoms with E-state index in [1.165, 1.54) is 7.11 Å². The summed E-state index contributed by atoms with van der Waals surface area (Å²) in [6, 6.07) is 0. The van der Waals surface area contributed by atoms with Gasteiger partial charge in [0.15, 0.2) is 0 Å². The number of ether oxygens (including phenoxy) is 3. The van der Waals surface area contributed by atoms with E-state index in [9.17, 15) is 9.59 Å². The lowest BCUT2D eigenvalue weighted by Gasteiger charge is -2.59. The van der Waals surface area contributed by atoms with Gasteiger partial charge in [0.1, 0.15) is 12.2 Å². The number of methoxy groups -OCH3 is 1. The van der Waals surface area contributed by atoms with E-state index in [0.717, 1.165) is 19.3 Å². The third-order valence-corrected chi connectivity index (χ3v) is 5.60. The summed E-state index contributed by atoms with van der Waals surface area (Å²) in [6.45, 7) is 0.870. The number of fused-ring (bicyclic) bond motifs is 1. The summed E-state index contributed by atoms with van der Waals surface area (Å²) in [5.74, 6) is -0.0546. The van der Waals surface area contributed by atoms with E-state index in [0.29, 0.717) is 18.4 Å². The summed E-state index contributed by atoms with van der Waals surface area (Å²) in [4.78, 5) is 24.4. The standard InChI is InChI=1S/C13H16O5/c1-16-10(14)13-8-4-2-3-7-5-18-12(13,9(7)8)6-17-11(13)15/h7-9H,2-6H2,1H3/t7-,8-,9+,12+,13+/m0/s1. The smallest absolute Gasteiger partial charge is 0.327 e. The fourth-order valence-electron chi connectivity index (χ4n) is 5.04. The van der Waals surface area contributed by atoms with Crippen molar-refractivity contribution in [3.05, 3.63) is 0 Å². The van der Waals surface area contributed by atoms with Crippen LogP contribution in [0.25, 0.3) is 0 Å². The molecule has 0 radical (unpaired) electrons. The third kappa shape index (κ3) is 0.802.